The molecule has 0 saturated heterocycles. The van der Waals surface area contributed by atoms with Crippen molar-refractivity contribution in [3.05, 3.63) is 47.7 Å². The highest BCUT2D eigenvalue weighted by Gasteiger charge is 2.19. The van der Waals surface area contributed by atoms with Crippen LogP contribution in [0.4, 0.5) is 0 Å². The molecule has 9 nitrogen and oxygen atoms in total. The van der Waals surface area contributed by atoms with Crippen molar-refractivity contribution in [1.29, 1.82) is 0 Å². The van der Waals surface area contributed by atoms with Crippen LogP contribution in [-0.2, 0) is 13.6 Å². The van der Waals surface area contributed by atoms with Crippen molar-refractivity contribution < 1.29 is 9.32 Å². The minimum absolute atomic E-state index is 0.180. The number of aryl methyl sites for hydroxylation is 4. The van der Waals surface area contributed by atoms with E-state index in [1.54, 1.807) is 30.1 Å². The van der Waals surface area contributed by atoms with Gasteiger partial charge < -0.3 is 9.84 Å². The molecule has 0 fully saturated rings. The van der Waals surface area contributed by atoms with Gasteiger partial charge in [-0.25, -0.2) is 4.98 Å². The topological polar surface area (TPSA) is 104 Å². The van der Waals surface area contributed by atoms with Gasteiger partial charge in [-0.15, -0.1) is 0 Å². The number of fused-ring (bicyclic) bond motifs is 1. The Balaban J connectivity index is 1.55. The number of hydrogen-bond acceptors (Lipinski definition) is 6. The smallest absolute Gasteiger partial charge is 0.259 e. The van der Waals surface area contributed by atoms with Crippen LogP contribution >= 0.6 is 0 Å². The van der Waals surface area contributed by atoms with E-state index in [2.05, 4.69) is 25.7 Å². The SMILES string of the molecule is Cc1noc2nc(-c3cnn(C)c3)cc(C(=O)NCCCn3nccc3C)c12. The Bertz CT molecular complexity index is 1140. The molecular weight excluding hydrogens is 358 g/mol. The van der Waals surface area contributed by atoms with E-state index in [9.17, 15) is 4.79 Å². The van der Waals surface area contributed by atoms with Gasteiger partial charge in [-0.2, -0.15) is 10.2 Å². The zero-order valence-electron chi connectivity index (χ0n) is 16.0. The lowest BCUT2D eigenvalue weighted by atomic mass is 10.1. The largest absolute Gasteiger partial charge is 0.352 e. The third-order valence-corrected chi connectivity index (χ3v) is 4.62. The van der Waals surface area contributed by atoms with Gasteiger partial charge in [0.2, 0.25) is 0 Å². The second-order valence-electron chi connectivity index (χ2n) is 6.71. The van der Waals surface area contributed by atoms with Crippen LogP contribution < -0.4 is 5.32 Å². The van der Waals surface area contributed by atoms with Crippen LogP contribution in [0.3, 0.4) is 0 Å². The first-order chi connectivity index (χ1) is 13.5. The number of carbonyl (C=O) groups is 1. The minimum Gasteiger partial charge on any atom is -0.352 e. The summed E-state index contributed by atoms with van der Waals surface area (Å²) in [6.45, 7) is 5.09. The van der Waals surface area contributed by atoms with Crippen LogP contribution in [0.1, 0.15) is 28.2 Å². The van der Waals surface area contributed by atoms with Crippen molar-refractivity contribution in [3.63, 3.8) is 0 Å². The molecule has 9 heteroatoms. The molecule has 0 radical (unpaired) electrons. The molecule has 0 unspecified atom stereocenters. The Kier molecular flexibility index (Phi) is 4.64. The maximum atomic E-state index is 12.9. The van der Waals surface area contributed by atoms with Crippen LogP contribution in [0, 0.1) is 13.8 Å². The molecule has 0 aromatic carbocycles. The minimum atomic E-state index is -0.180. The molecule has 0 aliphatic heterocycles. The quantitative estimate of drug-likeness (QED) is 0.515. The van der Waals surface area contributed by atoms with Crippen molar-refractivity contribution in [3.8, 4) is 11.3 Å². The van der Waals surface area contributed by atoms with E-state index in [0.29, 0.717) is 34.6 Å². The summed E-state index contributed by atoms with van der Waals surface area (Å²) in [6, 6.07) is 3.72. The summed E-state index contributed by atoms with van der Waals surface area (Å²) in [5.74, 6) is -0.180. The second-order valence-corrected chi connectivity index (χ2v) is 6.71. The Hall–Kier alpha value is -3.49. The molecule has 0 bridgehead atoms. The monoisotopic (exact) mass is 379 g/mol. The normalized spacial score (nSPS) is 11.2. The predicted molar refractivity (Wildman–Crippen MR) is 103 cm³/mol. The van der Waals surface area contributed by atoms with Gasteiger partial charge >= 0.3 is 0 Å². The highest BCUT2D eigenvalue weighted by atomic mass is 16.5. The van der Waals surface area contributed by atoms with Gasteiger partial charge in [0.25, 0.3) is 11.6 Å². The first kappa shape index (κ1) is 17.9. The first-order valence-corrected chi connectivity index (χ1v) is 9.05. The fourth-order valence-electron chi connectivity index (χ4n) is 3.13. The van der Waals surface area contributed by atoms with E-state index in [1.165, 1.54) is 0 Å². The van der Waals surface area contributed by atoms with E-state index >= 15 is 0 Å². The van der Waals surface area contributed by atoms with Gasteiger partial charge in [-0.05, 0) is 32.4 Å². The first-order valence-electron chi connectivity index (χ1n) is 9.05. The third kappa shape index (κ3) is 3.38. The highest BCUT2D eigenvalue weighted by Crippen LogP contribution is 2.26. The molecule has 4 heterocycles. The lowest BCUT2D eigenvalue weighted by molar-refractivity contribution is 0.0954. The molecule has 28 heavy (non-hydrogen) atoms. The van der Waals surface area contributed by atoms with Crippen LogP contribution in [0.15, 0.2) is 35.2 Å². The zero-order valence-corrected chi connectivity index (χ0v) is 16.0. The van der Waals surface area contributed by atoms with E-state index in [0.717, 1.165) is 24.2 Å². The van der Waals surface area contributed by atoms with Crippen molar-refractivity contribution >= 4 is 17.0 Å². The molecule has 4 rings (SSSR count). The number of hydrogen-bond donors (Lipinski definition) is 1. The molecule has 0 aliphatic rings. The summed E-state index contributed by atoms with van der Waals surface area (Å²) in [5, 5.41) is 16.0. The molecule has 4 aromatic heterocycles. The average Bonchev–Trinajstić information content (AvgIpc) is 3.39. The average molecular weight is 379 g/mol. The Morgan fingerprint density at radius 2 is 2.14 bits per heavy atom. The Labute approximate surface area is 161 Å². The van der Waals surface area contributed by atoms with Crippen LogP contribution in [0.5, 0.6) is 0 Å². The Morgan fingerprint density at radius 1 is 1.29 bits per heavy atom. The molecule has 1 amide bonds. The summed E-state index contributed by atoms with van der Waals surface area (Å²) in [4.78, 5) is 17.4. The van der Waals surface area contributed by atoms with Crippen molar-refractivity contribution in [2.45, 2.75) is 26.8 Å². The summed E-state index contributed by atoms with van der Waals surface area (Å²) in [5.41, 5.74) is 4.01. The number of rotatable bonds is 6. The number of aromatic nitrogens is 6. The fraction of sp³-hybridized carbons (Fsp3) is 0.316. The molecule has 4 aromatic rings. The highest BCUT2D eigenvalue weighted by molar-refractivity contribution is 6.06. The number of nitrogens with zero attached hydrogens (tertiary/aromatic N) is 6. The van der Waals surface area contributed by atoms with Crippen molar-refractivity contribution in [2.24, 2.45) is 7.05 Å². The molecule has 0 spiro atoms. The molecule has 0 saturated carbocycles. The van der Waals surface area contributed by atoms with Gasteiger partial charge in [0.1, 0.15) is 0 Å². The molecule has 144 valence electrons. The summed E-state index contributed by atoms with van der Waals surface area (Å²) >= 11 is 0. The standard InChI is InChI=1S/C19H21N7O2/c1-12-5-7-21-26(12)8-4-6-20-18(27)15-9-16(14-10-22-25(3)11-14)23-19-17(15)13(2)24-28-19/h5,7,9-11H,4,6,8H2,1-3H3,(H,20,27). The van der Waals surface area contributed by atoms with Gasteiger partial charge in [0, 0.05) is 43.8 Å². The van der Waals surface area contributed by atoms with Crippen LogP contribution in [0.25, 0.3) is 22.4 Å². The number of amides is 1. The lowest BCUT2D eigenvalue weighted by Gasteiger charge is -2.08. The fourth-order valence-corrected chi connectivity index (χ4v) is 3.13. The zero-order chi connectivity index (χ0) is 19.7. The summed E-state index contributed by atoms with van der Waals surface area (Å²) in [6.07, 6.45) is 6.09. The predicted octanol–water partition coefficient (Wildman–Crippen LogP) is 2.26. The number of carbonyl (C=O) groups excluding carboxylic acids is 1. The maximum Gasteiger partial charge on any atom is 0.259 e. The van der Waals surface area contributed by atoms with Crippen LogP contribution in [0.2, 0.25) is 0 Å². The van der Waals surface area contributed by atoms with E-state index in [1.807, 2.05) is 30.9 Å². The number of nitrogens with one attached hydrogen (secondary N) is 1. The van der Waals surface area contributed by atoms with Gasteiger partial charge in [0.05, 0.1) is 28.5 Å². The second kappa shape index (κ2) is 7.26. The van der Waals surface area contributed by atoms with E-state index in [4.69, 9.17) is 4.52 Å². The molecule has 0 aliphatic carbocycles. The van der Waals surface area contributed by atoms with E-state index < -0.39 is 0 Å². The molecule has 1 N–H and O–H groups in total. The van der Waals surface area contributed by atoms with Gasteiger partial charge in [0.15, 0.2) is 0 Å². The van der Waals surface area contributed by atoms with E-state index in [-0.39, 0.29) is 5.91 Å². The lowest BCUT2D eigenvalue weighted by Crippen LogP contribution is -2.26. The molecular formula is C19H21N7O2. The number of pyridine rings is 1. The van der Waals surface area contributed by atoms with Gasteiger partial charge in [-0.3, -0.25) is 14.2 Å². The summed E-state index contributed by atoms with van der Waals surface area (Å²) < 4.78 is 8.92. The van der Waals surface area contributed by atoms with Crippen molar-refractivity contribution in [1.82, 2.24) is 35.0 Å². The maximum absolute atomic E-state index is 12.9. The van der Waals surface area contributed by atoms with Gasteiger partial charge in [-0.1, -0.05) is 5.16 Å². The Morgan fingerprint density at radius 3 is 2.86 bits per heavy atom. The van der Waals surface area contributed by atoms with Crippen molar-refractivity contribution in [2.75, 3.05) is 6.54 Å². The molecule has 0 atom stereocenters. The summed E-state index contributed by atoms with van der Waals surface area (Å²) in [7, 11) is 1.83. The van der Waals surface area contributed by atoms with Crippen LogP contribution in [-0.4, -0.2) is 42.2 Å². The third-order valence-electron chi connectivity index (χ3n) is 4.62.